The summed E-state index contributed by atoms with van der Waals surface area (Å²) in [6.07, 6.45) is 0. The zero-order valence-corrected chi connectivity index (χ0v) is 17.3. The van der Waals surface area contributed by atoms with Crippen LogP contribution in [0.3, 0.4) is 0 Å². The number of hydrogen-bond donors (Lipinski definition) is 2. The maximum atomic E-state index is 12.8. The van der Waals surface area contributed by atoms with Crippen molar-refractivity contribution in [1.29, 1.82) is 0 Å². The van der Waals surface area contributed by atoms with E-state index in [0.29, 0.717) is 48.1 Å². The van der Waals surface area contributed by atoms with E-state index >= 15 is 0 Å². The van der Waals surface area contributed by atoms with E-state index in [0.717, 1.165) is 5.39 Å². The fraction of sp³-hybridized carbons (Fsp3) is 0.286. The molecule has 0 saturated carbocycles. The lowest BCUT2D eigenvalue weighted by Crippen LogP contribution is -2.54. The van der Waals surface area contributed by atoms with Gasteiger partial charge in [0.05, 0.1) is 11.6 Å². The lowest BCUT2D eigenvalue weighted by atomic mass is 10.2. The summed E-state index contributed by atoms with van der Waals surface area (Å²) in [6.45, 7) is 3.93. The molecule has 3 heterocycles. The maximum Gasteiger partial charge on any atom is 0.289 e. The molecule has 3 aromatic rings. The zero-order valence-electron chi connectivity index (χ0n) is 16.5. The Kier molecular flexibility index (Phi) is 5.56. The molecule has 4 rings (SSSR count). The number of thiophene rings is 1. The Morgan fingerprint density at radius 3 is 2.57 bits per heavy atom. The molecule has 3 amide bonds. The summed E-state index contributed by atoms with van der Waals surface area (Å²) < 4.78 is 5.68. The maximum absolute atomic E-state index is 12.8. The molecule has 0 spiro atoms. The Morgan fingerprint density at radius 2 is 1.87 bits per heavy atom. The second-order valence-electron chi connectivity index (χ2n) is 7.17. The molecule has 156 valence electrons. The molecular formula is C21H22N4O4S. The average molecular weight is 426 g/mol. The van der Waals surface area contributed by atoms with Crippen LogP contribution in [-0.4, -0.2) is 59.7 Å². The number of benzene rings is 1. The number of carbonyl (C=O) groups is 3. The van der Waals surface area contributed by atoms with E-state index in [1.807, 2.05) is 36.1 Å². The van der Waals surface area contributed by atoms with Gasteiger partial charge in [-0.1, -0.05) is 18.2 Å². The van der Waals surface area contributed by atoms with Crippen LogP contribution in [0.1, 0.15) is 27.8 Å². The van der Waals surface area contributed by atoms with Gasteiger partial charge in [0.25, 0.3) is 11.8 Å². The van der Waals surface area contributed by atoms with E-state index in [9.17, 15) is 14.4 Å². The SMILES string of the molecule is CC(C(=O)Nc1sccc1C(N)=O)N1CCN(C(=O)c2cc3ccccc3o2)CC1. The number of para-hydroxylation sites is 1. The lowest BCUT2D eigenvalue weighted by molar-refractivity contribution is -0.121. The minimum Gasteiger partial charge on any atom is -0.451 e. The van der Waals surface area contributed by atoms with Crippen molar-refractivity contribution in [2.45, 2.75) is 13.0 Å². The number of furan rings is 1. The average Bonchev–Trinajstić information content (AvgIpc) is 3.39. The van der Waals surface area contributed by atoms with Gasteiger partial charge in [0, 0.05) is 31.6 Å². The minimum absolute atomic E-state index is 0.146. The second-order valence-corrected chi connectivity index (χ2v) is 8.09. The van der Waals surface area contributed by atoms with E-state index in [4.69, 9.17) is 10.2 Å². The van der Waals surface area contributed by atoms with Gasteiger partial charge in [-0.15, -0.1) is 11.3 Å². The highest BCUT2D eigenvalue weighted by Crippen LogP contribution is 2.24. The number of primary amides is 1. The highest BCUT2D eigenvalue weighted by Gasteiger charge is 2.29. The molecular weight excluding hydrogens is 404 g/mol. The molecule has 1 aromatic carbocycles. The fourth-order valence-electron chi connectivity index (χ4n) is 3.54. The van der Waals surface area contributed by atoms with E-state index < -0.39 is 11.9 Å². The van der Waals surface area contributed by atoms with Gasteiger partial charge in [0.2, 0.25) is 5.91 Å². The van der Waals surface area contributed by atoms with Crippen LogP contribution in [0.4, 0.5) is 5.00 Å². The third-order valence-electron chi connectivity index (χ3n) is 5.33. The molecule has 0 radical (unpaired) electrons. The molecule has 1 unspecified atom stereocenters. The minimum atomic E-state index is -0.572. The molecule has 0 bridgehead atoms. The molecule has 1 saturated heterocycles. The normalized spacial score (nSPS) is 15.8. The molecule has 9 heteroatoms. The first kappa shape index (κ1) is 20.1. The van der Waals surface area contributed by atoms with Gasteiger partial charge >= 0.3 is 0 Å². The number of hydrogen-bond acceptors (Lipinski definition) is 6. The fourth-order valence-corrected chi connectivity index (χ4v) is 4.33. The standard InChI is InChI=1S/C21H22N4O4S/c1-13(19(27)23-20-15(18(22)26)6-11-30-20)24-7-9-25(10-8-24)21(28)17-12-14-4-2-3-5-16(14)29-17/h2-6,11-13H,7-10H2,1H3,(H2,22,26)(H,23,27). The summed E-state index contributed by atoms with van der Waals surface area (Å²) in [4.78, 5) is 40.6. The van der Waals surface area contributed by atoms with Gasteiger partial charge in [0.1, 0.15) is 10.6 Å². The first-order chi connectivity index (χ1) is 14.4. The first-order valence-electron chi connectivity index (χ1n) is 9.64. The van der Waals surface area contributed by atoms with Gasteiger partial charge in [0.15, 0.2) is 5.76 Å². The molecule has 1 aliphatic rings. The number of rotatable bonds is 5. The van der Waals surface area contributed by atoms with Crippen LogP contribution in [0.15, 0.2) is 46.2 Å². The molecule has 30 heavy (non-hydrogen) atoms. The third kappa shape index (κ3) is 3.94. The van der Waals surface area contributed by atoms with E-state index in [1.165, 1.54) is 11.3 Å². The van der Waals surface area contributed by atoms with Crippen LogP contribution in [0.5, 0.6) is 0 Å². The molecule has 3 N–H and O–H groups in total. The largest absolute Gasteiger partial charge is 0.451 e. The predicted molar refractivity (Wildman–Crippen MR) is 115 cm³/mol. The number of amides is 3. The van der Waals surface area contributed by atoms with Crippen molar-refractivity contribution in [3.63, 3.8) is 0 Å². The Labute approximate surface area is 177 Å². The number of nitrogens with two attached hydrogens (primary N) is 1. The predicted octanol–water partition coefficient (Wildman–Crippen LogP) is 2.38. The van der Waals surface area contributed by atoms with Gasteiger partial charge < -0.3 is 20.4 Å². The van der Waals surface area contributed by atoms with Crippen molar-refractivity contribution in [3.05, 3.63) is 53.1 Å². The van der Waals surface area contributed by atoms with Crippen LogP contribution in [0.25, 0.3) is 11.0 Å². The van der Waals surface area contributed by atoms with Crippen LogP contribution in [-0.2, 0) is 4.79 Å². The number of piperazine rings is 1. The Balaban J connectivity index is 1.35. The molecule has 8 nitrogen and oxygen atoms in total. The van der Waals surface area contributed by atoms with Crippen molar-refractivity contribution in [1.82, 2.24) is 9.80 Å². The molecule has 0 aliphatic carbocycles. The Morgan fingerprint density at radius 1 is 1.13 bits per heavy atom. The van der Waals surface area contributed by atoms with E-state index in [2.05, 4.69) is 5.32 Å². The van der Waals surface area contributed by atoms with Crippen molar-refractivity contribution >= 4 is 45.0 Å². The van der Waals surface area contributed by atoms with E-state index in [-0.39, 0.29) is 11.8 Å². The summed E-state index contributed by atoms with van der Waals surface area (Å²) in [5.41, 5.74) is 6.33. The number of anilines is 1. The van der Waals surface area contributed by atoms with Crippen LogP contribution in [0, 0.1) is 0 Å². The van der Waals surface area contributed by atoms with Gasteiger partial charge in [-0.25, -0.2) is 0 Å². The van der Waals surface area contributed by atoms with Gasteiger partial charge in [-0.3, -0.25) is 19.3 Å². The summed E-state index contributed by atoms with van der Waals surface area (Å²) in [5.74, 6) is -0.603. The van der Waals surface area contributed by atoms with Crippen molar-refractivity contribution < 1.29 is 18.8 Å². The molecule has 1 fully saturated rings. The summed E-state index contributed by atoms with van der Waals surface area (Å²) in [6, 6.07) is 10.5. The summed E-state index contributed by atoms with van der Waals surface area (Å²) >= 11 is 1.26. The number of nitrogens with zero attached hydrogens (tertiary/aromatic N) is 2. The van der Waals surface area contributed by atoms with Crippen molar-refractivity contribution in [2.24, 2.45) is 5.73 Å². The molecule has 2 aromatic heterocycles. The highest BCUT2D eigenvalue weighted by molar-refractivity contribution is 7.14. The Bertz CT molecular complexity index is 1060. The van der Waals surface area contributed by atoms with Crippen molar-refractivity contribution in [3.8, 4) is 0 Å². The zero-order chi connectivity index (χ0) is 21.3. The van der Waals surface area contributed by atoms with Crippen LogP contribution in [0.2, 0.25) is 0 Å². The van der Waals surface area contributed by atoms with Crippen LogP contribution < -0.4 is 11.1 Å². The first-order valence-corrected chi connectivity index (χ1v) is 10.5. The quantitative estimate of drug-likeness (QED) is 0.651. The second kappa shape index (κ2) is 8.29. The molecule has 1 atom stereocenters. The monoisotopic (exact) mass is 426 g/mol. The summed E-state index contributed by atoms with van der Waals surface area (Å²) in [5, 5.41) is 5.85. The number of fused-ring (bicyclic) bond motifs is 1. The van der Waals surface area contributed by atoms with Gasteiger partial charge in [-0.2, -0.15) is 0 Å². The lowest BCUT2D eigenvalue weighted by Gasteiger charge is -2.37. The third-order valence-corrected chi connectivity index (χ3v) is 6.16. The highest BCUT2D eigenvalue weighted by atomic mass is 32.1. The van der Waals surface area contributed by atoms with Crippen molar-refractivity contribution in [2.75, 3.05) is 31.5 Å². The Hall–Kier alpha value is -3.17. The number of nitrogens with one attached hydrogen (secondary N) is 1. The topological polar surface area (TPSA) is 109 Å². The smallest absolute Gasteiger partial charge is 0.289 e. The number of carbonyl (C=O) groups excluding carboxylic acids is 3. The van der Waals surface area contributed by atoms with E-state index in [1.54, 1.807) is 22.4 Å². The molecule has 1 aliphatic heterocycles. The van der Waals surface area contributed by atoms with Gasteiger partial charge in [-0.05, 0) is 30.5 Å². The van der Waals surface area contributed by atoms with Crippen LogP contribution >= 0.6 is 11.3 Å². The summed E-state index contributed by atoms with van der Waals surface area (Å²) in [7, 11) is 0.